The second kappa shape index (κ2) is 12.5. The summed E-state index contributed by atoms with van der Waals surface area (Å²) in [6.45, 7) is -0.0934. The van der Waals surface area contributed by atoms with Crippen molar-refractivity contribution in [1.29, 1.82) is 0 Å². The van der Waals surface area contributed by atoms with Gasteiger partial charge in [-0.1, -0.05) is 72.3 Å². The topological polar surface area (TPSA) is 142 Å². The van der Waals surface area contributed by atoms with E-state index in [0.29, 0.717) is 5.56 Å². The van der Waals surface area contributed by atoms with Gasteiger partial charge in [0.05, 0.1) is 11.6 Å². The van der Waals surface area contributed by atoms with Gasteiger partial charge in [0.2, 0.25) is 0 Å². The molecule has 4 aromatic rings. The van der Waals surface area contributed by atoms with Crippen molar-refractivity contribution in [3.8, 4) is 11.1 Å². The molecular formula is C29H25ClFN3O6. The average molecular weight is 566 g/mol. The van der Waals surface area contributed by atoms with Crippen molar-refractivity contribution in [3.05, 3.63) is 112 Å². The smallest absolute Gasteiger partial charge is 0.354 e. The fraction of sp³-hybridized carbons (Fsp3) is 0.172. The zero-order valence-electron chi connectivity index (χ0n) is 21.0. The lowest BCUT2D eigenvalue weighted by atomic mass is 9.97. The maximum Gasteiger partial charge on any atom is 0.354 e. The monoisotopic (exact) mass is 565 g/mol. The number of aliphatic hydroxyl groups excluding tert-OH is 1. The number of carboxylic acid groups (broad SMARTS) is 2. The summed E-state index contributed by atoms with van der Waals surface area (Å²) in [6.07, 6.45) is -1.82. The average Bonchev–Trinajstić information content (AvgIpc) is 3.36. The fourth-order valence-electron chi connectivity index (χ4n) is 4.20. The predicted molar refractivity (Wildman–Crippen MR) is 145 cm³/mol. The molecule has 3 aromatic carbocycles. The van der Waals surface area contributed by atoms with Crippen molar-refractivity contribution in [1.82, 2.24) is 15.1 Å². The van der Waals surface area contributed by atoms with Crippen molar-refractivity contribution >= 4 is 29.4 Å². The van der Waals surface area contributed by atoms with Crippen LogP contribution in [-0.4, -0.2) is 55.1 Å². The fourth-order valence-corrected chi connectivity index (χ4v) is 4.41. The van der Waals surface area contributed by atoms with E-state index in [0.717, 1.165) is 33.5 Å². The maximum absolute atomic E-state index is 13.5. The first-order chi connectivity index (χ1) is 19.1. The van der Waals surface area contributed by atoms with E-state index in [2.05, 4.69) is 10.4 Å². The van der Waals surface area contributed by atoms with Crippen LogP contribution >= 0.6 is 11.6 Å². The molecule has 11 heteroatoms. The number of aromatic carboxylic acids is 1. The van der Waals surface area contributed by atoms with Crippen LogP contribution in [0.1, 0.15) is 38.5 Å². The molecule has 0 saturated heterocycles. The number of carbonyl (C=O) groups is 3. The van der Waals surface area contributed by atoms with Gasteiger partial charge < -0.3 is 20.6 Å². The number of carboxylic acids is 2. The lowest BCUT2D eigenvalue weighted by Crippen LogP contribution is -2.40. The van der Waals surface area contributed by atoms with Gasteiger partial charge in [-0.2, -0.15) is 5.10 Å². The van der Waals surface area contributed by atoms with Crippen LogP contribution in [0.3, 0.4) is 0 Å². The van der Waals surface area contributed by atoms with E-state index in [1.165, 1.54) is 12.1 Å². The quantitative estimate of drug-likeness (QED) is 0.213. The van der Waals surface area contributed by atoms with Gasteiger partial charge in [0.25, 0.3) is 5.91 Å². The van der Waals surface area contributed by atoms with Crippen molar-refractivity contribution in [2.75, 3.05) is 0 Å². The zero-order valence-corrected chi connectivity index (χ0v) is 21.8. The minimum Gasteiger partial charge on any atom is -0.479 e. The Balaban J connectivity index is 1.53. The summed E-state index contributed by atoms with van der Waals surface area (Å²) in [5.74, 6) is -4.15. The van der Waals surface area contributed by atoms with Crippen molar-refractivity contribution in [2.45, 2.75) is 31.5 Å². The molecule has 1 heterocycles. The summed E-state index contributed by atoms with van der Waals surface area (Å²) >= 11 is 5.82. The number of halogens is 2. The number of hydrogen-bond acceptors (Lipinski definition) is 5. The van der Waals surface area contributed by atoms with Crippen LogP contribution in [0.25, 0.3) is 11.1 Å². The highest BCUT2D eigenvalue weighted by Gasteiger charge is 2.25. The normalized spacial score (nSPS) is 12.5. The van der Waals surface area contributed by atoms with Crippen LogP contribution in [0, 0.1) is 5.82 Å². The molecule has 206 valence electrons. The van der Waals surface area contributed by atoms with Crippen LogP contribution in [0.2, 0.25) is 5.02 Å². The maximum atomic E-state index is 13.5. The summed E-state index contributed by atoms with van der Waals surface area (Å²) in [6, 6.07) is 21.4. The summed E-state index contributed by atoms with van der Waals surface area (Å²) < 4.78 is 14.6. The number of nitrogens with zero attached hydrogens (tertiary/aromatic N) is 2. The second-order valence-corrected chi connectivity index (χ2v) is 9.56. The molecule has 1 aromatic heterocycles. The Hall–Kier alpha value is -4.54. The van der Waals surface area contributed by atoms with E-state index in [4.69, 9.17) is 11.6 Å². The first kappa shape index (κ1) is 28.5. The molecule has 0 radical (unpaired) electrons. The molecule has 40 heavy (non-hydrogen) atoms. The summed E-state index contributed by atoms with van der Waals surface area (Å²) in [5, 5.41) is 35.5. The van der Waals surface area contributed by atoms with Crippen molar-refractivity contribution in [2.24, 2.45) is 0 Å². The highest BCUT2D eigenvalue weighted by atomic mass is 35.5. The Labute approximate surface area is 233 Å². The van der Waals surface area contributed by atoms with Crippen molar-refractivity contribution in [3.63, 3.8) is 0 Å². The third-order valence-corrected chi connectivity index (χ3v) is 6.51. The Kier molecular flexibility index (Phi) is 8.93. The van der Waals surface area contributed by atoms with E-state index < -0.39 is 35.8 Å². The number of hydrogen-bond donors (Lipinski definition) is 4. The lowest BCUT2D eigenvalue weighted by Gasteiger charge is -2.20. The number of aliphatic hydroxyl groups is 1. The van der Waals surface area contributed by atoms with Gasteiger partial charge in [-0.25, -0.2) is 14.0 Å². The van der Waals surface area contributed by atoms with Crippen LogP contribution in [0.5, 0.6) is 0 Å². The zero-order chi connectivity index (χ0) is 28.8. The van der Waals surface area contributed by atoms with E-state index in [-0.39, 0.29) is 35.8 Å². The standard InChI is InChI=1S/C29H25ClFN3O6/c30-22-13-18(8-11-23(22)31)16-34-25(28(37)38)15-24(33-34)27(36)32-21(14-26(35)29(39)40)12-17-6-9-20(10-7-17)19-4-2-1-3-5-19/h1-11,13,15,21,26,35H,12,14,16H2,(H,32,36)(H,37,38)(H,39,40). The molecular weight excluding hydrogens is 541 g/mol. The van der Waals surface area contributed by atoms with E-state index in [9.17, 15) is 34.1 Å². The molecule has 4 N–H and O–H groups in total. The molecule has 0 aliphatic carbocycles. The number of nitrogens with one attached hydrogen (secondary N) is 1. The third-order valence-electron chi connectivity index (χ3n) is 6.22. The molecule has 0 saturated carbocycles. The second-order valence-electron chi connectivity index (χ2n) is 9.15. The highest BCUT2D eigenvalue weighted by molar-refractivity contribution is 6.30. The lowest BCUT2D eigenvalue weighted by molar-refractivity contribution is -0.147. The number of benzene rings is 3. The van der Waals surface area contributed by atoms with Crippen LogP contribution in [0.4, 0.5) is 4.39 Å². The molecule has 4 rings (SSSR count). The van der Waals surface area contributed by atoms with Crippen LogP contribution in [-0.2, 0) is 17.8 Å². The SMILES string of the molecule is O=C(NC(Cc1ccc(-c2ccccc2)cc1)CC(O)C(=O)O)c1cc(C(=O)O)n(Cc2ccc(F)c(Cl)c2)n1. The highest BCUT2D eigenvalue weighted by Crippen LogP contribution is 2.21. The Morgan fingerprint density at radius 1 is 0.925 bits per heavy atom. The molecule has 0 aliphatic rings. The van der Waals surface area contributed by atoms with Gasteiger partial charge in [-0.3, -0.25) is 9.48 Å². The van der Waals surface area contributed by atoms with Crippen LogP contribution < -0.4 is 5.32 Å². The summed E-state index contributed by atoms with van der Waals surface area (Å²) in [4.78, 5) is 36.2. The number of rotatable bonds is 11. The Morgan fingerprint density at radius 3 is 2.20 bits per heavy atom. The van der Waals surface area contributed by atoms with Gasteiger partial charge in [-0.15, -0.1) is 0 Å². The van der Waals surface area contributed by atoms with Gasteiger partial charge in [-0.05, 0) is 40.8 Å². The molecule has 1 amide bonds. The van der Waals surface area contributed by atoms with Gasteiger partial charge >= 0.3 is 11.9 Å². The molecule has 0 aliphatic heterocycles. The number of carbonyl (C=O) groups excluding carboxylic acids is 1. The Morgan fingerprint density at radius 2 is 1.57 bits per heavy atom. The largest absolute Gasteiger partial charge is 0.479 e. The number of amides is 1. The van der Waals surface area contributed by atoms with Crippen LogP contribution in [0.15, 0.2) is 78.9 Å². The van der Waals surface area contributed by atoms with Crippen molar-refractivity contribution < 1.29 is 34.1 Å². The first-order valence-electron chi connectivity index (χ1n) is 12.2. The van der Waals surface area contributed by atoms with E-state index in [1.54, 1.807) is 0 Å². The number of aromatic nitrogens is 2. The summed E-state index contributed by atoms with van der Waals surface area (Å²) in [5.41, 5.74) is 2.74. The third kappa shape index (κ3) is 7.10. The number of aliphatic carboxylic acids is 1. The molecule has 2 atom stereocenters. The molecule has 0 fully saturated rings. The molecule has 2 unspecified atom stereocenters. The predicted octanol–water partition coefficient (Wildman–Crippen LogP) is 4.27. The van der Waals surface area contributed by atoms with Gasteiger partial charge in [0, 0.05) is 18.5 Å². The molecule has 0 spiro atoms. The minimum absolute atomic E-state index is 0.0934. The molecule has 0 bridgehead atoms. The first-order valence-corrected chi connectivity index (χ1v) is 12.6. The van der Waals surface area contributed by atoms with Gasteiger partial charge in [0.15, 0.2) is 11.8 Å². The minimum atomic E-state index is -1.73. The van der Waals surface area contributed by atoms with E-state index >= 15 is 0 Å². The summed E-state index contributed by atoms with van der Waals surface area (Å²) in [7, 11) is 0. The van der Waals surface area contributed by atoms with E-state index in [1.807, 2.05) is 54.6 Å². The molecule has 9 nitrogen and oxygen atoms in total. The Bertz CT molecular complexity index is 1520. The van der Waals surface area contributed by atoms with Gasteiger partial charge in [0.1, 0.15) is 11.5 Å².